The lowest BCUT2D eigenvalue weighted by molar-refractivity contribution is 0.573. The Balaban J connectivity index is 1.59. The summed E-state index contributed by atoms with van der Waals surface area (Å²) in [5.74, 6) is 2.05. The minimum absolute atomic E-state index is 0.463. The van der Waals surface area contributed by atoms with Gasteiger partial charge in [-0.3, -0.25) is 0 Å². The van der Waals surface area contributed by atoms with E-state index in [4.69, 9.17) is 9.97 Å². The minimum atomic E-state index is 0.463. The van der Waals surface area contributed by atoms with Crippen molar-refractivity contribution in [3.05, 3.63) is 77.6 Å². The van der Waals surface area contributed by atoms with Crippen LogP contribution in [0.2, 0.25) is 0 Å². The summed E-state index contributed by atoms with van der Waals surface area (Å²) in [7, 11) is 0. The normalized spacial score (nSPS) is 16.1. The summed E-state index contributed by atoms with van der Waals surface area (Å²) in [6, 6.07) is 18.6. The molecule has 2 aromatic carbocycles. The van der Waals surface area contributed by atoms with Gasteiger partial charge in [-0.05, 0) is 36.8 Å². The molecule has 1 aliphatic carbocycles. The zero-order chi connectivity index (χ0) is 18.9. The third kappa shape index (κ3) is 3.03. The Morgan fingerprint density at radius 3 is 2.75 bits per heavy atom. The van der Waals surface area contributed by atoms with E-state index < -0.39 is 0 Å². The monoisotopic (exact) mass is 369 g/mol. The summed E-state index contributed by atoms with van der Waals surface area (Å²) < 4.78 is 1.85. The first kappa shape index (κ1) is 16.9. The van der Waals surface area contributed by atoms with Crippen LogP contribution in [-0.4, -0.2) is 19.7 Å². The van der Waals surface area contributed by atoms with Gasteiger partial charge in [-0.1, -0.05) is 55.5 Å². The third-order valence-corrected chi connectivity index (χ3v) is 5.53. The molecule has 0 saturated carbocycles. The number of fused-ring (bicyclic) bond motifs is 2. The standard InChI is InChI=1S/C23H23N5/c1-16-8-7-12-19-21(16)22(24-14-17-9-3-2-4-10-17)27-23(26-19)28-20-13-6-5-11-18(20)15-25-28/h2-6,9-11,13,15-16H,7-8,12,14H2,1H3,(H,24,26,27). The van der Waals surface area contributed by atoms with E-state index in [1.165, 1.54) is 24.0 Å². The topological polar surface area (TPSA) is 55.6 Å². The molecule has 0 aliphatic heterocycles. The third-order valence-electron chi connectivity index (χ3n) is 5.53. The van der Waals surface area contributed by atoms with Gasteiger partial charge in [0.15, 0.2) is 0 Å². The van der Waals surface area contributed by atoms with E-state index in [1.54, 1.807) is 0 Å². The van der Waals surface area contributed by atoms with Crippen molar-refractivity contribution >= 4 is 16.7 Å². The second kappa shape index (κ2) is 7.08. The zero-order valence-electron chi connectivity index (χ0n) is 16.0. The summed E-state index contributed by atoms with van der Waals surface area (Å²) >= 11 is 0. The van der Waals surface area contributed by atoms with E-state index in [2.05, 4.69) is 53.7 Å². The fourth-order valence-electron chi connectivity index (χ4n) is 4.07. The predicted octanol–water partition coefficient (Wildman–Crippen LogP) is 4.87. The summed E-state index contributed by atoms with van der Waals surface area (Å²) in [5, 5.41) is 9.23. The van der Waals surface area contributed by atoms with Gasteiger partial charge in [0.2, 0.25) is 0 Å². The molecule has 1 atom stereocenters. The van der Waals surface area contributed by atoms with Gasteiger partial charge >= 0.3 is 0 Å². The Morgan fingerprint density at radius 1 is 1.04 bits per heavy atom. The van der Waals surface area contributed by atoms with Gasteiger partial charge in [0.25, 0.3) is 5.95 Å². The highest BCUT2D eigenvalue weighted by atomic mass is 15.4. The van der Waals surface area contributed by atoms with Gasteiger partial charge in [0.1, 0.15) is 5.82 Å². The van der Waals surface area contributed by atoms with Crippen LogP contribution in [0.3, 0.4) is 0 Å². The Labute approximate surface area is 164 Å². The number of anilines is 1. The number of nitrogens with one attached hydrogen (secondary N) is 1. The first-order valence-corrected chi connectivity index (χ1v) is 9.91. The van der Waals surface area contributed by atoms with Gasteiger partial charge in [-0.15, -0.1) is 0 Å². The van der Waals surface area contributed by atoms with Crippen molar-refractivity contribution in [2.24, 2.45) is 0 Å². The molecule has 2 heterocycles. The fraction of sp³-hybridized carbons (Fsp3) is 0.261. The molecule has 5 heteroatoms. The van der Waals surface area contributed by atoms with Crippen LogP contribution in [0, 0.1) is 0 Å². The molecule has 0 bridgehead atoms. The van der Waals surface area contributed by atoms with Crippen LogP contribution in [-0.2, 0) is 13.0 Å². The van der Waals surface area contributed by atoms with Gasteiger partial charge < -0.3 is 5.32 Å². The van der Waals surface area contributed by atoms with Gasteiger partial charge in [-0.25, -0.2) is 4.98 Å². The Kier molecular flexibility index (Phi) is 4.28. The van der Waals surface area contributed by atoms with Crippen molar-refractivity contribution in [2.45, 2.75) is 38.6 Å². The zero-order valence-corrected chi connectivity index (χ0v) is 16.0. The lowest BCUT2D eigenvalue weighted by Gasteiger charge is -2.25. The molecule has 1 unspecified atom stereocenters. The Bertz CT molecular complexity index is 1120. The molecule has 0 fully saturated rings. The average Bonchev–Trinajstić information content (AvgIpc) is 3.17. The first-order valence-electron chi connectivity index (χ1n) is 9.91. The van der Waals surface area contributed by atoms with Crippen molar-refractivity contribution in [3.63, 3.8) is 0 Å². The molecule has 140 valence electrons. The quantitative estimate of drug-likeness (QED) is 0.558. The molecule has 0 spiro atoms. The maximum atomic E-state index is 4.92. The fourth-order valence-corrected chi connectivity index (χ4v) is 4.07. The van der Waals surface area contributed by atoms with Gasteiger partial charge in [0.05, 0.1) is 17.4 Å². The first-order chi connectivity index (χ1) is 13.8. The van der Waals surface area contributed by atoms with E-state index in [1.807, 2.05) is 29.1 Å². The van der Waals surface area contributed by atoms with Crippen molar-refractivity contribution < 1.29 is 0 Å². The SMILES string of the molecule is CC1CCCc2nc(-n3ncc4ccccc43)nc(NCc3ccccc3)c21. The van der Waals surface area contributed by atoms with Crippen LogP contribution in [0.1, 0.15) is 42.5 Å². The number of benzene rings is 2. The number of aromatic nitrogens is 4. The van der Waals surface area contributed by atoms with Crippen molar-refractivity contribution in [2.75, 3.05) is 5.32 Å². The lowest BCUT2D eigenvalue weighted by Crippen LogP contribution is -2.18. The van der Waals surface area contributed by atoms with Crippen LogP contribution in [0.25, 0.3) is 16.9 Å². The van der Waals surface area contributed by atoms with E-state index in [-0.39, 0.29) is 0 Å². The van der Waals surface area contributed by atoms with Crippen LogP contribution < -0.4 is 5.32 Å². The molecule has 5 nitrogen and oxygen atoms in total. The highest BCUT2D eigenvalue weighted by Gasteiger charge is 2.24. The van der Waals surface area contributed by atoms with Crippen molar-refractivity contribution in [3.8, 4) is 5.95 Å². The highest BCUT2D eigenvalue weighted by molar-refractivity contribution is 5.79. The molecule has 28 heavy (non-hydrogen) atoms. The lowest BCUT2D eigenvalue weighted by atomic mass is 9.87. The van der Waals surface area contributed by atoms with Gasteiger partial charge in [0, 0.05) is 17.5 Å². The second-order valence-corrected chi connectivity index (χ2v) is 7.48. The molecule has 0 saturated heterocycles. The Hall–Kier alpha value is -3.21. The Morgan fingerprint density at radius 2 is 1.86 bits per heavy atom. The smallest absolute Gasteiger partial charge is 0.253 e. The molecule has 0 radical (unpaired) electrons. The van der Waals surface area contributed by atoms with Crippen molar-refractivity contribution in [1.82, 2.24) is 19.7 Å². The van der Waals surface area contributed by atoms with E-state index in [0.29, 0.717) is 11.9 Å². The number of hydrogen-bond donors (Lipinski definition) is 1. The molecule has 1 aliphatic rings. The minimum Gasteiger partial charge on any atom is -0.366 e. The number of aryl methyl sites for hydroxylation is 1. The van der Waals surface area contributed by atoms with Crippen LogP contribution in [0.4, 0.5) is 5.82 Å². The number of hydrogen-bond acceptors (Lipinski definition) is 4. The maximum Gasteiger partial charge on any atom is 0.253 e. The van der Waals surface area contributed by atoms with E-state index >= 15 is 0 Å². The highest BCUT2D eigenvalue weighted by Crippen LogP contribution is 2.35. The van der Waals surface area contributed by atoms with E-state index in [9.17, 15) is 0 Å². The second-order valence-electron chi connectivity index (χ2n) is 7.48. The number of rotatable bonds is 4. The summed E-state index contributed by atoms with van der Waals surface area (Å²) in [6.45, 7) is 3.02. The number of nitrogens with zero attached hydrogens (tertiary/aromatic N) is 4. The molecule has 2 aromatic heterocycles. The largest absolute Gasteiger partial charge is 0.366 e. The van der Waals surface area contributed by atoms with Crippen LogP contribution in [0.5, 0.6) is 0 Å². The molecule has 4 aromatic rings. The molecular weight excluding hydrogens is 346 g/mol. The number of para-hydroxylation sites is 1. The van der Waals surface area contributed by atoms with Crippen LogP contribution >= 0.6 is 0 Å². The molecule has 1 N–H and O–H groups in total. The van der Waals surface area contributed by atoms with E-state index in [0.717, 1.165) is 35.4 Å². The maximum absolute atomic E-state index is 4.92. The molecule has 0 amide bonds. The van der Waals surface area contributed by atoms with Crippen LogP contribution in [0.15, 0.2) is 60.8 Å². The summed E-state index contributed by atoms with van der Waals surface area (Å²) in [4.78, 5) is 9.84. The summed E-state index contributed by atoms with van der Waals surface area (Å²) in [6.07, 6.45) is 5.22. The molecular formula is C23H23N5. The van der Waals surface area contributed by atoms with Gasteiger partial charge in [-0.2, -0.15) is 14.8 Å². The predicted molar refractivity (Wildman–Crippen MR) is 112 cm³/mol. The van der Waals surface area contributed by atoms with Crippen molar-refractivity contribution in [1.29, 1.82) is 0 Å². The average molecular weight is 369 g/mol. The molecule has 5 rings (SSSR count). The summed E-state index contributed by atoms with van der Waals surface area (Å²) in [5.41, 5.74) is 4.69.